The van der Waals surface area contributed by atoms with Gasteiger partial charge in [0.25, 0.3) is 0 Å². The molecule has 1 heterocycles. The second kappa shape index (κ2) is 5.47. The smallest absolute Gasteiger partial charge is 0.133 e. The lowest BCUT2D eigenvalue weighted by Gasteiger charge is -2.26. The van der Waals surface area contributed by atoms with Crippen molar-refractivity contribution in [3.63, 3.8) is 0 Å². The van der Waals surface area contributed by atoms with Gasteiger partial charge in [0.05, 0.1) is 6.61 Å². The minimum Gasteiger partial charge on any atom is -0.383 e. The van der Waals surface area contributed by atoms with Gasteiger partial charge in [0.15, 0.2) is 0 Å². The summed E-state index contributed by atoms with van der Waals surface area (Å²) in [6, 6.07) is 4.65. The summed E-state index contributed by atoms with van der Waals surface area (Å²) in [5.41, 5.74) is 7.12. The molecule has 0 spiro atoms. The molecule has 1 aromatic heterocycles. The van der Waals surface area contributed by atoms with Crippen LogP contribution in [-0.2, 0) is 4.74 Å². The molecule has 0 unspecified atom stereocenters. The first-order valence-corrected chi connectivity index (χ1v) is 6.20. The predicted molar refractivity (Wildman–Crippen MR) is 69.1 cm³/mol. The molecular formula is C13H21N3O. The normalized spacial score (nSPS) is 16.9. The third-order valence-electron chi connectivity index (χ3n) is 3.10. The van der Waals surface area contributed by atoms with E-state index >= 15 is 0 Å². The molecule has 17 heavy (non-hydrogen) atoms. The van der Waals surface area contributed by atoms with Crippen molar-refractivity contribution in [1.82, 2.24) is 4.98 Å². The van der Waals surface area contributed by atoms with Crippen LogP contribution in [0.1, 0.15) is 31.4 Å². The molecular weight excluding hydrogens is 214 g/mol. The van der Waals surface area contributed by atoms with Crippen molar-refractivity contribution < 1.29 is 4.74 Å². The summed E-state index contributed by atoms with van der Waals surface area (Å²) in [6.45, 7) is 3.62. The van der Waals surface area contributed by atoms with Crippen LogP contribution >= 0.6 is 0 Å². The van der Waals surface area contributed by atoms with Crippen molar-refractivity contribution in [1.29, 1.82) is 0 Å². The van der Waals surface area contributed by atoms with Gasteiger partial charge in [-0.3, -0.25) is 0 Å². The predicted octanol–water partition coefficient (Wildman–Crippen LogP) is 1.72. The molecule has 4 nitrogen and oxygen atoms in total. The number of ether oxygens (including phenoxy) is 1. The molecule has 1 aliphatic rings. The number of anilines is 1. The van der Waals surface area contributed by atoms with Gasteiger partial charge in [-0.2, -0.15) is 0 Å². The molecule has 1 saturated carbocycles. The summed E-state index contributed by atoms with van der Waals surface area (Å²) in [4.78, 5) is 6.84. The van der Waals surface area contributed by atoms with Crippen LogP contribution < -0.4 is 10.6 Å². The van der Waals surface area contributed by atoms with E-state index in [0.29, 0.717) is 6.04 Å². The first-order chi connectivity index (χ1) is 8.24. The maximum Gasteiger partial charge on any atom is 0.133 e. The Labute approximate surface area is 103 Å². The number of hydrogen-bond donors (Lipinski definition) is 1. The average Bonchev–Trinajstić information content (AvgIpc) is 3.14. The average molecular weight is 235 g/mol. The van der Waals surface area contributed by atoms with Crippen molar-refractivity contribution in [3.8, 4) is 0 Å². The number of hydrogen-bond acceptors (Lipinski definition) is 4. The topological polar surface area (TPSA) is 51.4 Å². The Morgan fingerprint density at radius 1 is 1.59 bits per heavy atom. The zero-order valence-electron chi connectivity index (χ0n) is 10.6. The van der Waals surface area contributed by atoms with E-state index in [1.807, 2.05) is 19.2 Å². The minimum atomic E-state index is 0.0162. The fourth-order valence-electron chi connectivity index (χ4n) is 2.04. The van der Waals surface area contributed by atoms with Crippen molar-refractivity contribution in [2.75, 3.05) is 25.2 Å². The lowest BCUT2D eigenvalue weighted by molar-refractivity contribution is 0.204. The first-order valence-electron chi connectivity index (χ1n) is 6.20. The summed E-state index contributed by atoms with van der Waals surface area (Å²) in [7, 11) is 1.73. The molecule has 1 aromatic rings. The molecule has 0 aromatic carbocycles. The van der Waals surface area contributed by atoms with E-state index < -0.39 is 0 Å². The Kier molecular flexibility index (Phi) is 3.97. The third-order valence-corrected chi connectivity index (χ3v) is 3.10. The van der Waals surface area contributed by atoms with Crippen molar-refractivity contribution in [3.05, 3.63) is 23.9 Å². The third kappa shape index (κ3) is 2.96. The Morgan fingerprint density at radius 2 is 2.35 bits per heavy atom. The van der Waals surface area contributed by atoms with Crippen molar-refractivity contribution in [2.24, 2.45) is 5.73 Å². The highest BCUT2D eigenvalue weighted by Gasteiger charge is 2.31. The van der Waals surface area contributed by atoms with E-state index in [1.165, 1.54) is 12.8 Å². The minimum absolute atomic E-state index is 0.0162. The van der Waals surface area contributed by atoms with Gasteiger partial charge in [-0.1, -0.05) is 6.07 Å². The molecule has 2 N–H and O–H groups in total. The molecule has 0 aliphatic heterocycles. The first kappa shape index (κ1) is 12.3. The summed E-state index contributed by atoms with van der Waals surface area (Å²) in [5.74, 6) is 1.03. The number of aromatic nitrogens is 1. The monoisotopic (exact) mass is 235 g/mol. The van der Waals surface area contributed by atoms with Crippen molar-refractivity contribution >= 4 is 5.82 Å². The quantitative estimate of drug-likeness (QED) is 0.815. The van der Waals surface area contributed by atoms with Gasteiger partial charge in [0, 0.05) is 37.5 Å². The zero-order valence-corrected chi connectivity index (χ0v) is 10.6. The molecule has 94 valence electrons. The van der Waals surface area contributed by atoms with Gasteiger partial charge < -0.3 is 15.4 Å². The molecule has 0 amide bonds. The molecule has 0 bridgehead atoms. The van der Waals surface area contributed by atoms with E-state index in [-0.39, 0.29) is 6.04 Å². The maximum atomic E-state index is 6.00. The highest BCUT2D eigenvalue weighted by molar-refractivity contribution is 5.50. The highest BCUT2D eigenvalue weighted by Crippen LogP contribution is 2.33. The van der Waals surface area contributed by atoms with Gasteiger partial charge in [0.1, 0.15) is 5.82 Å². The van der Waals surface area contributed by atoms with Gasteiger partial charge in [0.2, 0.25) is 0 Å². The zero-order chi connectivity index (χ0) is 12.3. The summed E-state index contributed by atoms with van der Waals surface area (Å²) in [6.07, 6.45) is 4.33. The van der Waals surface area contributed by atoms with E-state index in [9.17, 15) is 0 Å². The van der Waals surface area contributed by atoms with Gasteiger partial charge in [-0.25, -0.2) is 4.98 Å². The highest BCUT2D eigenvalue weighted by atomic mass is 16.5. The van der Waals surface area contributed by atoms with Gasteiger partial charge >= 0.3 is 0 Å². The van der Waals surface area contributed by atoms with E-state index in [1.54, 1.807) is 7.11 Å². The standard InChI is InChI=1S/C13H21N3O/c1-10(14)12-4-3-7-15-13(12)16(8-9-17-2)11-5-6-11/h3-4,7,10-11H,5-6,8-9,14H2,1-2H3/t10-/m0/s1. The SMILES string of the molecule is COCCN(c1ncccc1[C@H](C)N)C1CC1. The lowest BCUT2D eigenvalue weighted by atomic mass is 10.1. The Bertz CT molecular complexity index is 363. The molecule has 1 fully saturated rings. The second-order valence-electron chi connectivity index (χ2n) is 4.62. The number of rotatable bonds is 6. The van der Waals surface area contributed by atoms with Crippen LogP contribution in [0.5, 0.6) is 0 Å². The maximum absolute atomic E-state index is 6.00. The van der Waals surface area contributed by atoms with Crippen LogP contribution in [0.2, 0.25) is 0 Å². The number of methoxy groups -OCH3 is 1. The molecule has 0 saturated heterocycles. The largest absolute Gasteiger partial charge is 0.383 e. The van der Waals surface area contributed by atoms with Crippen LogP contribution in [0, 0.1) is 0 Å². The summed E-state index contributed by atoms with van der Waals surface area (Å²) < 4.78 is 5.17. The molecule has 0 radical (unpaired) electrons. The van der Waals surface area contributed by atoms with Crippen LogP contribution in [0.25, 0.3) is 0 Å². The van der Waals surface area contributed by atoms with E-state index in [4.69, 9.17) is 10.5 Å². The van der Waals surface area contributed by atoms with Crippen LogP contribution in [0.15, 0.2) is 18.3 Å². The Hall–Kier alpha value is -1.13. The van der Waals surface area contributed by atoms with Gasteiger partial charge in [-0.05, 0) is 25.8 Å². The summed E-state index contributed by atoms with van der Waals surface area (Å²) in [5, 5.41) is 0. The van der Waals surface area contributed by atoms with E-state index in [0.717, 1.165) is 24.5 Å². The fourth-order valence-corrected chi connectivity index (χ4v) is 2.04. The molecule has 4 heteroatoms. The van der Waals surface area contributed by atoms with Gasteiger partial charge in [-0.15, -0.1) is 0 Å². The van der Waals surface area contributed by atoms with Crippen LogP contribution in [-0.4, -0.2) is 31.3 Å². The van der Waals surface area contributed by atoms with E-state index in [2.05, 4.69) is 16.0 Å². The Morgan fingerprint density at radius 3 is 2.94 bits per heavy atom. The fraction of sp³-hybridized carbons (Fsp3) is 0.615. The molecule has 1 atom stereocenters. The van der Waals surface area contributed by atoms with Crippen molar-refractivity contribution in [2.45, 2.75) is 31.8 Å². The van der Waals surface area contributed by atoms with Crippen LogP contribution in [0.3, 0.4) is 0 Å². The Balaban J connectivity index is 2.22. The lowest BCUT2D eigenvalue weighted by Crippen LogP contribution is -2.31. The number of pyridine rings is 1. The van der Waals surface area contributed by atoms with Crippen LogP contribution in [0.4, 0.5) is 5.82 Å². The number of nitrogens with zero attached hydrogens (tertiary/aromatic N) is 2. The number of nitrogens with two attached hydrogens (primary N) is 1. The second-order valence-corrected chi connectivity index (χ2v) is 4.62. The molecule has 2 rings (SSSR count). The molecule has 1 aliphatic carbocycles. The summed E-state index contributed by atoms with van der Waals surface area (Å²) >= 11 is 0.